The summed E-state index contributed by atoms with van der Waals surface area (Å²) < 4.78 is 1.36. The van der Waals surface area contributed by atoms with Crippen molar-refractivity contribution >= 4 is 28.1 Å². The molecule has 2 N–H and O–H groups in total. The number of non-ortho nitro benzene ring substituents is 1. The topological polar surface area (TPSA) is 119 Å². The van der Waals surface area contributed by atoms with E-state index in [2.05, 4.69) is 15.7 Å². The number of aromatic nitrogens is 2. The van der Waals surface area contributed by atoms with Crippen molar-refractivity contribution in [1.82, 2.24) is 15.1 Å². The van der Waals surface area contributed by atoms with Crippen molar-refractivity contribution < 1.29 is 9.72 Å². The van der Waals surface area contributed by atoms with Gasteiger partial charge in [-0.1, -0.05) is 31.5 Å². The van der Waals surface area contributed by atoms with Crippen LogP contribution in [0, 0.1) is 10.1 Å². The molecule has 9 nitrogen and oxygen atoms in total. The number of rotatable bonds is 9. The Hall–Kier alpha value is -3.75. The first-order chi connectivity index (χ1) is 14.5. The Morgan fingerprint density at radius 2 is 1.80 bits per heavy atom. The molecule has 0 aliphatic rings. The van der Waals surface area contributed by atoms with Gasteiger partial charge in [0.25, 0.3) is 17.2 Å². The average molecular weight is 409 g/mol. The highest BCUT2D eigenvalue weighted by atomic mass is 16.6. The largest absolute Gasteiger partial charge is 0.383 e. The van der Waals surface area contributed by atoms with Crippen LogP contribution in [0.3, 0.4) is 0 Å². The highest BCUT2D eigenvalue weighted by molar-refractivity contribution is 6.04. The third-order valence-corrected chi connectivity index (χ3v) is 4.62. The number of aryl methyl sites for hydroxylation is 1. The number of hydrogen-bond acceptors (Lipinski definition) is 6. The molecule has 0 radical (unpaired) electrons. The van der Waals surface area contributed by atoms with Gasteiger partial charge in [0, 0.05) is 42.8 Å². The first-order valence-corrected chi connectivity index (χ1v) is 9.77. The first kappa shape index (κ1) is 21.0. The second-order valence-corrected chi connectivity index (χ2v) is 6.76. The smallest absolute Gasteiger partial charge is 0.274 e. The molecule has 0 spiro atoms. The standard InChI is InChI=1S/C21H23N5O4/c1-2-3-14-25-21(28)18-7-5-4-6-17(18)19(24-25)20(27)23-13-12-22-15-8-10-16(11-9-15)26(29)30/h4-11,22H,2-3,12-14H2,1H3,(H,23,27). The lowest BCUT2D eigenvalue weighted by Crippen LogP contribution is -2.33. The van der Waals surface area contributed by atoms with Crippen molar-refractivity contribution in [3.8, 4) is 0 Å². The van der Waals surface area contributed by atoms with E-state index in [9.17, 15) is 19.7 Å². The zero-order valence-electron chi connectivity index (χ0n) is 16.6. The number of carbonyl (C=O) groups is 1. The number of nitrogens with one attached hydrogen (secondary N) is 2. The number of hydrogen-bond donors (Lipinski definition) is 2. The highest BCUT2D eigenvalue weighted by Crippen LogP contribution is 2.15. The number of nitrogens with zero attached hydrogens (tertiary/aromatic N) is 3. The van der Waals surface area contributed by atoms with Crippen molar-refractivity contribution in [3.63, 3.8) is 0 Å². The van der Waals surface area contributed by atoms with E-state index < -0.39 is 4.92 Å². The summed E-state index contributed by atoms with van der Waals surface area (Å²) in [6.07, 6.45) is 1.71. The molecular weight excluding hydrogens is 386 g/mol. The van der Waals surface area contributed by atoms with Crippen LogP contribution < -0.4 is 16.2 Å². The molecule has 156 valence electrons. The van der Waals surface area contributed by atoms with Crippen LogP contribution in [-0.2, 0) is 6.54 Å². The van der Waals surface area contributed by atoms with Crippen molar-refractivity contribution in [2.75, 3.05) is 18.4 Å². The second-order valence-electron chi connectivity index (χ2n) is 6.76. The Bertz CT molecular complexity index is 1110. The number of benzene rings is 2. The van der Waals surface area contributed by atoms with Gasteiger partial charge in [0.15, 0.2) is 5.69 Å². The van der Waals surface area contributed by atoms with Crippen LogP contribution in [0.1, 0.15) is 30.3 Å². The predicted octanol–water partition coefficient (Wildman–Crippen LogP) is 2.95. The molecular formula is C21H23N5O4. The number of amides is 1. The SMILES string of the molecule is CCCCn1nc(C(=O)NCCNc2ccc([N+](=O)[O-])cc2)c2ccccc2c1=O. The van der Waals surface area contributed by atoms with Gasteiger partial charge in [-0.3, -0.25) is 19.7 Å². The molecule has 30 heavy (non-hydrogen) atoms. The number of fused-ring (bicyclic) bond motifs is 1. The minimum atomic E-state index is -0.457. The molecule has 0 fully saturated rings. The van der Waals surface area contributed by atoms with Crippen molar-refractivity contribution in [1.29, 1.82) is 0 Å². The normalized spacial score (nSPS) is 10.7. The quantitative estimate of drug-likeness (QED) is 0.319. The zero-order chi connectivity index (χ0) is 21.5. The summed E-state index contributed by atoms with van der Waals surface area (Å²) in [5.74, 6) is -0.359. The van der Waals surface area contributed by atoms with Gasteiger partial charge in [-0.15, -0.1) is 0 Å². The third-order valence-electron chi connectivity index (χ3n) is 4.62. The van der Waals surface area contributed by atoms with E-state index in [1.807, 2.05) is 6.92 Å². The summed E-state index contributed by atoms with van der Waals surface area (Å²) in [6.45, 7) is 3.23. The Morgan fingerprint density at radius 1 is 1.10 bits per heavy atom. The van der Waals surface area contributed by atoms with E-state index in [0.29, 0.717) is 36.1 Å². The number of unbranched alkanes of at least 4 members (excludes halogenated alkanes) is 1. The van der Waals surface area contributed by atoms with Gasteiger partial charge < -0.3 is 10.6 Å². The van der Waals surface area contributed by atoms with Gasteiger partial charge in [-0.25, -0.2) is 4.68 Å². The maximum Gasteiger partial charge on any atom is 0.274 e. The fraction of sp³-hybridized carbons (Fsp3) is 0.286. The number of anilines is 1. The third kappa shape index (κ3) is 4.80. The number of nitro groups is 1. The Labute approximate surface area is 172 Å². The number of carbonyl (C=O) groups excluding carboxylic acids is 1. The zero-order valence-corrected chi connectivity index (χ0v) is 16.6. The van der Waals surface area contributed by atoms with Crippen molar-refractivity contribution in [2.45, 2.75) is 26.3 Å². The minimum absolute atomic E-state index is 0.0185. The molecule has 0 aliphatic carbocycles. The molecule has 0 bridgehead atoms. The summed E-state index contributed by atoms with van der Waals surface area (Å²) in [5, 5.41) is 21.9. The van der Waals surface area contributed by atoms with Gasteiger partial charge in [0.1, 0.15) is 0 Å². The maximum absolute atomic E-state index is 12.7. The summed E-state index contributed by atoms with van der Waals surface area (Å²) in [6, 6.07) is 13.0. The lowest BCUT2D eigenvalue weighted by Gasteiger charge is -2.11. The molecule has 0 atom stereocenters. The molecule has 2 aromatic carbocycles. The first-order valence-electron chi connectivity index (χ1n) is 9.77. The Morgan fingerprint density at radius 3 is 2.47 bits per heavy atom. The van der Waals surface area contributed by atoms with Crippen LogP contribution in [0.15, 0.2) is 53.3 Å². The molecule has 0 aliphatic heterocycles. The van der Waals surface area contributed by atoms with E-state index in [-0.39, 0.29) is 22.8 Å². The van der Waals surface area contributed by atoms with Crippen LogP contribution >= 0.6 is 0 Å². The van der Waals surface area contributed by atoms with Gasteiger partial charge in [0.2, 0.25) is 0 Å². The Kier molecular flexibility index (Phi) is 6.74. The molecule has 0 saturated carbocycles. The molecule has 3 rings (SSSR count). The maximum atomic E-state index is 12.7. The van der Waals surface area contributed by atoms with E-state index >= 15 is 0 Å². The summed E-state index contributed by atoms with van der Waals surface area (Å²) in [5.41, 5.74) is 0.753. The lowest BCUT2D eigenvalue weighted by molar-refractivity contribution is -0.384. The molecule has 1 amide bonds. The van der Waals surface area contributed by atoms with Crippen molar-refractivity contribution in [3.05, 3.63) is 74.7 Å². The monoisotopic (exact) mass is 409 g/mol. The molecule has 1 heterocycles. The average Bonchev–Trinajstić information content (AvgIpc) is 2.76. The summed E-state index contributed by atoms with van der Waals surface area (Å²) in [4.78, 5) is 35.6. The highest BCUT2D eigenvalue weighted by Gasteiger charge is 2.16. The molecule has 1 aromatic heterocycles. The van der Waals surface area contributed by atoms with Crippen LogP contribution in [0.4, 0.5) is 11.4 Å². The van der Waals surface area contributed by atoms with E-state index in [0.717, 1.165) is 12.8 Å². The summed E-state index contributed by atoms with van der Waals surface area (Å²) >= 11 is 0. The van der Waals surface area contributed by atoms with E-state index in [4.69, 9.17) is 0 Å². The van der Waals surface area contributed by atoms with Crippen LogP contribution in [0.2, 0.25) is 0 Å². The van der Waals surface area contributed by atoms with Crippen LogP contribution in [0.25, 0.3) is 10.8 Å². The number of nitro benzene ring substituents is 1. The fourth-order valence-corrected chi connectivity index (χ4v) is 3.03. The van der Waals surface area contributed by atoms with E-state index in [1.54, 1.807) is 36.4 Å². The second kappa shape index (κ2) is 9.64. The van der Waals surface area contributed by atoms with Gasteiger partial charge in [0.05, 0.1) is 10.3 Å². The Balaban J connectivity index is 1.68. The lowest BCUT2D eigenvalue weighted by atomic mass is 10.1. The predicted molar refractivity (Wildman–Crippen MR) is 115 cm³/mol. The van der Waals surface area contributed by atoms with Crippen LogP contribution in [0.5, 0.6) is 0 Å². The molecule has 3 aromatic rings. The molecule has 0 saturated heterocycles. The van der Waals surface area contributed by atoms with E-state index in [1.165, 1.54) is 16.8 Å². The van der Waals surface area contributed by atoms with Gasteiger partial charge >= 0.3 is 0 Å². The molecule has 9 heteroatoms. The summed E-state index contributed by atoms with van der Waals surface area (Å²) in [7, 11) is 0. The van der Waals surface area contributed by atoms with Gasteiger partial charge in [-0.05, 0) is 24.6 Å². The fourth-order valence-electron chi connectivity index (χ4n) is 3.03. The van der Waals surface area contributed by atoms with Crippen molar-refractivity contribution in [2.24, 2.45) is 0 Å². The van der Waals surface area contributed by atoms with Crippen LogP contribution in [-0.4, -0.2) is 33.7 Å². The molecule has 0 unspecified atom stereocenters. The minimum Gasteiger partial charge on any atom is -0.383 e. The van der Waals surface area contributed by atoms with Gasteiger partial charge in [-0.2, -0.15) is 5.10 Å².